The molecule has 0 aromatic rings. The van der Waals surface area contributed by atoms with Gasteiger partial charge in [-0.15, -0.1) is 0 Å². The number of carboxylic acid groups (broad SMARTS) is 1. The van der Waals surface area contributed by atoms with Gasteiger partial charge in [0, 0.05) is 16.6 Å². The molecule has 0 saturated carbocycles. The fourth-order valence-electron chi connectivity index (χ4n) is 2.49. The van der Waals surface area contributed by atoms with E-state index < -0.39 is 12.1 Å². The van der Waals surface area contributed by atoms with E-state index >= 15 is 0 Å². The molecule has 3 nitrogen and oxygen atoms in total. The number of aliphatic carboxylic acids is 1. The molecule has 0 aromatic heterocycles. The molecule has 4 atom stereocenters. The van der Waals surface area contributed by atoms with Gasteiger partial charge in [-0.25, -0.2) is 4.79 Å². The zero-order valence-corrected chi connectivity index (χ0v) is 15.5. The monoisotopic (exact) mass is 360 g/mol. The average molecular weight is 361 g/mol. The van der Waals surface area contributed by atoms with Crippen molar-refractivity contribution in [2.45, 2.75) is 37.5 Å². The lowest BCUT2D eigenvalue weighted by Gasteiger charge is -2.41. The van der Waals surface area contributed by atoms with Crippen molar-refractivity contribution < 1.29 is 15.0 Å². The highest BCUT2D eigenvalue weighted by Crippen LogP contribution is 2.54. The van der Waals surface area contributed by atoms with E-state index in [9.17, 15) is 9.90 Å². The maximum atomic E-state index is 10.9. The van der Waals surface area contributed by atoms with Crippen LogP contribution in [0.25, 0.3) is 0 Å². The Labute approximate surface area is 144 Å². The van der Waals surface area contributed by atoms with Crippen molar-refractivity contribution >= 4 is 37.4 Å². The molecule has 0 radical (unpaired) electrons. The largest absolute Gasteiger partial charge is 0.478 e. The standard InChI is InChI=1S/C16H24O3S3/c1-5-11(2)8-9-16(4)13(6-7-15(18)19)12(3)14(17)10-20-22-21-16/h5-7,12-14,17H,1-2,8-10H2,3-4H3,(H,18,19)/b7-6+/t12-,13-,14-,16+/m0/s1. The predicted molar refractivity (Wildman–Crippen MR) is 100 cm³/mol. The number of hydrogen-bond acceptors (Lipinski definition) is 5. The van der Waals surface area contributed by atoms with Crippen LogP contribution in [-0.2, 0) is 4.79 Å². The molecule has 0 aromatic carbocycles. The first-order valence-electron chi connectivity index (χ1n) is 7.17. The normalized spacial score (nSPS) is 33.1. The fraction of sp³-hybridized carbons (Fsp3) is 0.562. The Morgan fingerprint density at radius 3 is 2.77 bits per heavy atom. The molecule has 1 aliphatic rings. The van der Waals surface area contributed by atoms with Crippen LogP contribution in [0.15, 0.2) is 37.0 Å². The van der Waals surface area contributed by atoms with Crippen LogP contribution < -0.4 is 0 Å². The predicted octanol–water partition coefficient (Wildman–Crippen LogP) is 4.56. The summed E-state index contributed by atoms with van der Waals surface area (Å²) < 4.78 is -0.170. The zero-order chi connectivity index (χ0) is 16.8. The summed E-state index contributed by atoms with van der Waals surface area (Å²) in [4.78, 5) is 10.9. The first-order valence-corrected chi connectivity index (χ1v) is 10.8. The summed E-state index contributed by atoms with van der Waals surface area (Å²) in [6, 6.07) is 0. The highest BCUT2D eigenvalue weighted by molar-refractivity contribution is 9.09. The van der Waals surface area contributed by atoms with Gasteiger partial charge in [0.05, 0.1) is 6.10 Å². The Bertz CT molecular complexity index is 450. The van der Waals surface area contributed by atoms with Gasteiger partial charge in [-0.1, -0.05) is 59.4 Å². The fourth-order valence-corrected chi connectivity index (χ4v) is 7.89. The van der Waals surface area contributed by atoms with Crippen LogP contribution in [0.4, 0.5) is 0 Å². The van der Waals surface area contributed by atoms with Crippen molar-refractivity contribution in [2.24, 2.45) is 11.8 Å². The van der Waals surface area contributed by atoms with Crippen LogP contribution in [0, 0.1) is 11.8 Å². The molecule has 1 saturated heterocycles. The van der Waals surface area contributed by atoms with Crippen molar-refractivity contribution in [3.05, 3.63) is 37.0 Å². The van der Waals surface area contributed by atoms with Gasteiger partial charge in [-0.3, -0.25) is 0 Å². The van der Waals surface area contributed by atoms with Crippen molar-refractivity contribution in [1.29, 1.82) is 0 Å². The molecule has 1 heterocycles. The van der Waals surface area contributed by atoms with Crippen LogP contribution in [0.1, 0.15) is 26.7 Å². The average Bonchev–Trinajstić information content (AvgIpc) is 2.47. The topological polar surface area (TPSA) is 57.5 Å². The zero-order valence-electron chi connectivity index (χ0n) is 13.0. The maximum absolute atomic E-state index is 10.9. The summed E-state index contributed by atoms with van der Waals surface area (Å²) in [6.45, 7) is 11.8. The van der Waals surface area contributed by atoms with E-state index in [1.807, 2.05) is 6.92 Å². The Hall–Kier alpha value is -0.300. The van der Waals surface area contributed by atoms with Crippen molar-refractivity contribution in [2.75, 3.05) is 5.75 Å². The van der Waals surface area contributed by atoms with Crippen LogP contribution in [-0.4, -0.2) is 32.8 Å². The molecule has 1 rings (SSSR count). The van der Waals surface area contributed by atoms with Gasteiger partial charge in [0.1, 0.15) is 0 Å². The molecule has 0 unspecified atom stereocenters. The van der Waals surface area contributed by atoms with Crippen molar-refractivity contribution in [1.82, 2.24) is 0 Å². The maximum Gasteiger partial charge on any atom is 0.327 e. The quantitative estimate of drug-likeness (QED) is 0.411. The minimum atomic E-state index is -0.950. The van der Waals surface area contributed by atoms with Gasteiger partial charge in [-0.2, -0.15) is 0 Å². The molecular weight excluding hydrogens is 336 g/mol. The lowest BCUT2D eigenvalue weighted by molar-refractivity contribution is -0.131. The van der Waals surface area contributed by atoms with Crippen LogP contribution in [0.5, 0.6) is 0 Å². The van der Waals surface area contributed by atoms with Gasteiger partial charge in [0.15, 0.2) is 0 Å². The smallest absolute Gasteiger partial charge is 0.327 e. The molecule has 0 bridgehead atoms. The molecule has 0 amide bonds. The van der Waals surface area contributed by atoms with Crippen molar-refractivity contribution in [3.8, 4) is 0 Å². The van der Waals surface area contributed by atoms with Gasteiger partial charge in [-0.05, 0) is 41.4 Å². The highest BCUT2D eigenvalue weighted by Gasteiger charge is 2.40. The summed E-state index contributed by atoms with van der Waals surface area (Å²) in [5, 5.41) is 19.3. The Balaban J connectivity index is 3.04. The van der Waals surface area contributed by atoms with E-state index in [0.717, 1.165) is 18.4 Å². The molecule has 22 heavy (non-hydrogen) atoms. The molecule has 1 fully saturated rings. The minimum Gasteiger partial charge on any atom is -0.478 e. The highest BCUT2D eigenvalue weighted by atomic mass is 33.5. The molecule has 6 heteroatoms. The van der Waals surface area contributed by atoms with E-state index in [2.05, 4.69) is 20.1 Å². The molecule has 124 valence electrons. The summed E-state index contributed by atoms with van der Waals surface area (Å²) in [5.74, 6) is -0.312. The number of carbonyl (C=O) groups is 1. The third-order valence-corrected chi connectivity index (χ3v) is 9.09. The summed E-state index contributed by atoms with van der Waals surface area (Å²) >= 11 is 0. The van der Waals surface area contributed by atoms with E-state index in [4.69, 9.17) is 5.11 Å². The number of allylic oxidation sites excluding steroid dienone is 3. The van der Waals surface area contributed by atoms with Gasteiger partial charge in [0.2, 0.25) is 0 Å². The number of aliphatic hydroxyl groups excluding tert-OH is 1. The second-order valence-electron chi connectivity index (χ2n) is 5.76. The first-order chi connectivity index (χ1) is 10.3. The summed E-state index contributed by atoms with van der Waals surface area (Å²) in [6.07, 6.45) is 5.95. The lowest BCUT2D eigenvalue weighted by atomic mass is 9.77. The van der Waals surface area contributed by atoms with Crippen LogP contribution in [0.3, 0.4) is 0 Å². The second kappa shape index (κ2) is 9.11. The van der Waals surface area contributed by atoms with Crippen LogP contribution >= 0.6 is 31.4 Å². The Kier molecular flexibility index (Phi) is 8.17. The molecule has 0 aliphatic carbocycles. The third kappa shape index (κ3) is 5.72. The van der Waals surface area contributed by atoms with E-state index in [1.165, 1.54) is 6.08 Å². The van der Waals surface area contributed by atoms with E-state index in [1.54, 1.807) is 43.6 Å². The van der Waals surface area contributed by atoms with Gasteiger partial charge in [0.25, 0.3) is 0 Å². The third-order valence-electron chi connectivity index (χ3n) is 4.07. The number of hydrogen-bond donors (Lipinski definition) is 2. The van der Waals surface area contributed by atoms with Crippen molar-refractivity contribution in [3.63, 3.8) is 0 Å². The SMILES string of the molecule is C=CC(=C)CC[C@@]1(C)SSSC[C@H](O)[C@@H](C)[C@@H]1/C=C/C(=O)O. The van der Waals surface area contributed by atoms with Gasteiger partial charge < -0.3 is 10.2 Å². The number of aliphatic hydroxyl groups is 1. The van der Waals surface area contributed by atoms with Crippen LogP contribution in [0.2, 0.25) is 0 Å². The van der Waals surface area contributed by atoms with E-state index in [-0.39, 0.29) is 16.6 Å². The van der Waals surface area contributed by atoms with Gasteiger partial charge >= 0.3 is 5.97 Å². The van der Waals surface area contributed by atoms with E-state index in [0.29, 0.717) is 5.75 Å². The minimum absolute atomic E-state index is 0.00139. The Morgan fingerprint density at radius 2 is 2.18 bits per heavy atom. The molecule has 2 N–H and O–H groups in total. The first kappa shape index (κ1) is 19.7. The molecular formula is C16H24O3S3. The molecule has 1 aliphatic heterocycles. The second-order valence-corrected chi connectivity index (χ2v) is 10.4. The summed E-state index contributed by atoms with van der Waals surface area (Å²) in [5.41, 5.74) is 0.982. The lowest BCUT2D eigenvalue weighted by Crippen LogP contribution is -2.40. The number of carboxylic acids is 1. The Morgan fingerprint density at radius 1 is 1.50 bits per heavy atom. The number of rotatable bonds is 6. The summed E-state index contributed by atoms with van der Waals surface area (Å²) in [7, 11) is 5.10. The molecule has 0 spiro atoms.